The summed E-state index contributed by atoms with van der Waals surface area (Å²) in [5.74, 6) is -0.415. The summed E-state index contributed by atoms with van der Waals surface area (Å²) < 4.78 is 16.1. The summed E-state index contributed by atoms with van der Waals surface area (Å²) in [5, 5.41) is 10.1. The van der Waals surface area contributed by atoms with E-state index >= 15 is 0 Å². The Hall–Kier alpha value is 0.250. The van der Waals surface area contributed by atoms with E-state index in [1.165, 1.54) is 17.4 Å². The fraction of sp³-hybridized carbons (Fsp3) is 0.0909. The molecule has 0 radical (unpaired) electrons. The molecule has 2 rings (SSSR count). The molecule has 0 saturated carbocycles. The molecular weight excluding hydrogens is 439 g/mol. The molecule has 0 aliphatic heterocycles. The zero-order chi connectivity index (χ0) is 12.6. The van der Waals surface area contributed by atoms with Gasteiger partial charge >= 0.3 is 0 Å². The third-order valence-electron chi connectivity index (χ3n) is 2.19. The van der Waals surface area contributed by atoms with Gasteiger partial charge in [0.1, 0.15) is 11.9 Å². The van der Waals surface area contributed by atoms with E-state index in [4.69, 9.17) is 0 Å². The van der Waals surface area contributed by atoms with Gasteiger partial charge in [0.25, 0.3) is 0 Å². The Morgan fingerprint density at radius 3 is 2.47 bits per heavy atom. The molecule has 0 aliphatic carbocycles. The van der Waals surface area contributed by atoms with Gasteiger partial charge in [-0.3, -0.25) is 0 Å². The van der Waals surface area contributed by atoms with Gasteiger partial charge in [0, 0.05) is 19.4 Å². The Kier molecular flexibility index (Phi) is 4.41. The first kappa shape index (κ1) is 13.7. The number of aliphatic hydroxyl groups is 1. The summed E-state index contributed by atoms with van der Waals surface area (Å²) in [4.78, 5) is 0.681. The van der Waals surface area contributed by atoms with E-state index in [0.717, 1.165) is 12.7 Å². The molecule has 17 heavy (non-hydrogen) atoms. The number of thiophene rings is 1. The molecule has 0 fully saturated rings. The Balaban J connectivity index is 2.42. The highest BCUT2D eigenvalue weighted by atomic mass is 79.9. The summed E-state index contributed by atoms with van der Waals surface area (Å²) in [5.41, 5.74) is 0.264. The second-order valence-electron chi connectivity index (χ2n) is 3.34. The van der Waals surface area contributed by atoms with Gasteiger partial charge in [0.2, 0.25) is 0 Å². The number of aliphatic hydroxyl groups excluding tert-OH is 1. The van der Waals surface area contributed by atoms with E-state index in [0.29, 0.717) is 4.88 Å². The van der Waals surface area contributed by atoms with Gasteiger partial charge in [-0.15, -0.1) is 11.3 Å². The summed E-state index contributed by atoms with van der Waals surface area (Å²) in [6.07, 6.45) is -0.958. The lowest BCUT2D eigenvalue weighted by molar-refractivity contribution is 0.218. The zero-order valence-electron chi connectivity index (χ0n) is 8.25. The third-order valence-corrected chi connectivity index (χ3v) is 5.99. The van der Waals surface area contributed by atoms with E-state index in [1.807, 2.05) is 0 Å². The van der Waals surface area contributed by atoms with Gasteiger partial charge in [-0.1, -0.05) is 15.9 Å². The average molecular weight is 445 g/mol. The molecule has 2 aromatic rings. The van der Waals surface area contributed by atoms with Crippen LogP contribution in [0, 0.1) is 5.82 Å². The SMILES string of the molecule is OC(c1cc(Br)c(Br)s1)c1cc(Br)ccc1F. The summed E-state index contributed by atoms with van der Waals surface area (Å²) in [6, 6.07) is 6.30. The van der Waals surface area contributed by atoms with Gasteiger partial charge in [0.15, 0.2) is 0 Å². The van der Waals surface area contributed by atoms with Crippen LogP contribution in [-0.2, 0) is 0 Å². The first-order chi connectivity index (χ1) is 7.99. The van der Waals surface area contributed by atoms with Crippen molar-refractivity contribution in [2.75, 3.05) is 0 Å². The normalized spacial score (nSPS) is 12.8. The predicted octanol–water partition coefficient (Wildman–Crippen LogP) is 5.26. The molecule has 1 nitrogen and oxygen atoms in total. The van der Waals surface area contributed by atoms with Crippen LogP contribution >= 0.6 is 59.1 Å². The van der Waals surface area contributed by atoms with Crippen molar-refractivity contribution in [1.29, 1.82) is 0 Å². The maximum absolute atomic E-state index is 13.6. The van der Waals surface area contributed by atoms with Gasteiger partial charge in [-0.2, -0.15) is 0 Å². The molecule has 1 aromatic carbocycles. The third kappa shape index (κ3) is 2.98. The minimum atomic E-state index is -0.958. The van der Waals surface area contributed by atoms with Crippen molar-refractivity contribution in [3.63, 3.8) is 0 Å². The van der Waals surface area contributed by atoms with Crippen LogP contribution in [0.15, 0.2) is 37.0 Å². The molecule has 1 atom stereocenters. The minimum absolute atomic E-state index is 0.264. The first-order valence-corrected chi connectivity index (χ1v) is 7.76. The lowest BCUT2D eigenvalue weighted by Crippen LogP contribution is -2.00. The molecule has 0 amide bonds. The average Bonchev–Trinajstić information content (AvgIpc) is 2.62. The van der Waals surface area contributed by atoms with Crippen LogP contribution in [0.3, 0.4) is 0 Å². The fourth-order valence-corrected chi connectivity index (χ4v) is 3.85. The Bertz CT molecular complexity index is 536. The van der Waals surface area contributed by atoms with Crippen LogP contribution in [0.1, 0.15) is 16.5 Å². The molecule has 90 valence electrons. The molecule has 6 heteroatoms. The first-order valence-electron chi connectivity index (χ1n) is 4.57. The van der Waals surface area contributed by atoms with Crippen LogP contribution in [0.4, 0.5) is 4.39 Å². The lowest BCUT2D eigenvalue weighted by Gasteiger charge is -2.10. The predicted molar refractivity (Wildman–Crippen MR) is 77.9 cm³/mol. The smallest absolute Gasteiger partial charge is 0.129 e. The highest BCUT2D eigenvalue weighted by Crippen LogP contribution is 2.38. The topological polar surface area (TPSA) is 20.2 Å². The molecule has 0 bridgehead atoms. The van der Waals surface area contributed by atoms with Crippen LogP contribution in [0.5, 0.6) is 0 Å². The molecular formula is C11H6Br3FOS. The van der Waals surface area contributed by atoms with Crippen molar-refractivity contribution < 1.29 is 9.50 Å². The number of rotatable bonds is 2. The van der Waals surface area contributed by atoms with E-state index in [1.54, 1.807) is 18.2 Å². The molecule has 1 N–H and O–H groups in total. The number of benzene rings is 1. The summed E-state index contributed by atoms with van der Waals surface area (Å²) in [7, 11) is 0. The quantitative estimate of drug-likeness (QED) is 0.670. The number of hydrogen-bond acceptors (Lipinski definition) is 2. The van der Waals surface area contributed by atoms with Crippen LogP contribution in [-0.4, -0.2) is 5.11 Å². The second-order valence-corrected chi connectivity index (χ2v) is 7.51. The van der Waals surface area contributed by atoms with Gasteiger partial charge in [-0.25, -0.2) is 4.39 Å². The highest BCUT2D eigenvalue weighted by Gasteiger charge is 2.18. The Morgan fingerprint density at radius 1 is 1.18 bits per heavy atom. The summed E-state index contributed by atoms with van der Waals surface area (Å²) >= 11 is 11.3. The maximum Gasteiger partial charge on any atom is 0.129 e. The monoisotopic (exact) mass is 442 g/mol. The Labute approximate surface area is 127 Å². The van der Waals surface area contributed by atoms with Crippen molar-refractivity contribution in [3.8, 4) is 0 Å². The van der Waals surface area contributed by atoms with Crippen molar-refractivity contribution in [1.82, 2.24) is 0 Å². The van der Waals surface area contributed by atoms with Crippen LogP contribution < -0.4 is 0 Å². The standard InChI is InChI=1S/C11H6Br3FOS/c12-5-1-2-8(15)6(3-5)10(16)9-4-7(13)11(14)17-9/h1-4,10,16H. The second kappa shape index (κ2) is 5.48. The zero-order valence-corrected chi connectivity index (χ0v) is 13.8. The van der Waals surface area contributed by atoms with E-state index < -0.39 is 11.9 Å². The lowest BCUT2D eigenvalue weighted by atomic mass is 10.1. The minimum Gasteiger partial charge on any atom is -0.383 e. The van der Waals surface area contributed by atoms with Crippen LogP contribution in [0.25, 0.3) is 0 Å². The Morgan fingerprint density at radius 2 is 1.88 bits per heavy atom. The van der Waals surface area contributed by atoms with Gasteiger partial charge in [0.05, 0.1) is 3.79 Å². The fourth-order valence-electron chi connectivity index (χ4n) is 1.38. The largest absolute Gasteiger partial charge is 0.383 e. The molecule has 1 unspecified atom stereocenters. The van der Waals surface area contributed by atoms with Crippen LogP contribution in [0.2, 0.25) is 0 Å². The van der Waals surface area contributed by atoms with Gasteiger partial charge in [-0.05, 0) is 56.1 Å². The number of hydrogen-bond donors (Lipinski definition) is 1. The van der Waals surface area contributed by atoms with Gasteiger partial charge < -0.3 is 5.11 Å². The van der Waals surface area contributed by atoms with E-state index in [9.17, 15) is 9.50 Å². The molecule has 0 spiro atoms. The maximum atomic E-state index is 13.6. The van der Waals surface area contributed by atoms with Crippen molar-refractivity contribution >= 4 is 59.1 Å². The van der Waals surface area contributed by atoms with Crippen molar-refractivity contribution in [3.05, 3.63) is 53.3 Å². The van der Waals surface area contributed by atoms with E-state index in [2.05, 4.69) is 47.8 Å². The molecule has 0 aliphatic rings. The highest BCUT2D eigenvalue weighted by molar-refractivity contribution is 9.13. The number of halogens is 4. The summed E-state index contributed by atoms with van der Waals surface area (Å²) in [6.45, 7) is 0. The molecule has 0 saturated heterocycles. The van der Waals surface area contributed by atoms with E-state index in [-0.39, 0.29) is 5.56 Å². The molecule has 1 aromatic heterocycles. The molecule has 1 heterocycles. The van der Waals surface area contributed by atoms with Crippen molar-refractivity contribution in [2.24, 2.45) is 0 Å². The van der Waals surface area contributed by atoms with Crippen molar-refractivity contribution in [2.45, 2.75) is 6.10 Å².